The highest BCUT2D eigenvalue weighted by molar-refractivity contribution is 5.27. The molecule has 0 bridgehead atoms. The Morgan fingerprint density at radius 2 is 2.27 bits per heavy atom. The summed E-state index contributed by atoms with van der Waals surface area (Å²) in [5.41, 5.74) is 0. The minimum absolute atomic E-state index is 0.633. The molecule has 0 spiro atoms. The van der Waals surface area contributed by atoms with Crippen LogP contribution in [0.25, 0.3) is 0 Å². The molecule has 1 aromatic heterocycles. The predicted octanol–water partition coefficient (Wildman–Crippen LogP) is 1.34. The number of nitrogens with zero attached hydrogens (tertiary/aromatic N) is 3. The summed E-state index contributed by atoms with van der Waals surface area (Å²) in [6.45, 7) is 5.86. The third kappa shape index (κ3) is 2.65. The molecule has 4 heteroatoms. The van der Waals surface area contributed by atoms with Gasteiger partial charge in [0.25, 0.3) is 0 Å². The number of anilines is 1. The Balaban J connectivity index is 1.97. The summed E-state index contributed by atoms with van der Waals surface area (Å²) in [5, 5.41) is 0. The van der Waals surface area contributed by atoms with Crippen molar-refractivity contribution in [2.75, 3.05) is 31.2 Å². The van der Waals surface area contributed by atoms with Crippen LogP contribution in [0.3, 0.4) is 0 Å². The molecule has 4 nitrogen and oxygen atoms in total. The molecule has 0 amide bonds. The Kier molecular flexibility index (Phi) is 3.50. The Morgan fingerprint density at radius 3 is 2.87 bits per heavy atom. The standard InChI is InChI=1S/C11H17N3O/c1-2-14(8-10-4-7-15-9-10)11-12-5-3-6-13-11/h3,5-6,10H,2,4,7-9H2,1H3. The van der Waals surface area contributed by atoms with Crippen LogP contribution < -0.4 is 4.90 Å². The van der Waals surface area contributed by atoms with Crippen molar-refractivity contribution in [1.82, 2.24) is 9.97 Å². The summed E-state index contributed by atoms with van der Waals surface area (Å²) in [6, 6.07) is 1.84. The van der Waals surface area contributed by atoms with E-state index in [0.717, 1.165) is 38.7 Å². The monoisotopic (exact) mass is 207 g/mol. The van der Waals surface area contributed by atoms with Gasteiger partial charge in [-0.25, -0.2) is 9.97 Å². The van der Waals surface area contributed by atoms with Crippen LogP contribution in [-0.4, -0.2) is 36.3 Å². The lowest BCUT2D eigenvalue weighted by Crippen LogP contribution is -2.30. The molecule has 1 atom stereocenters. The molecule has 1 aliphatic rings. The number of rotatable bonds is 4. The van der Waals surface area contributed by atoms with Crippen LogP contribution in [0.2, 0.25) is 0 Å². The van der Waals surface area contributed by atoms with Gasteiger partial charge in [-0.1, -0.05) is 0 Å². The number of ether oxygens (including phenoxy) is 1. The smallest absolute Gasteiger partial charge is 0.225 e. The van der Waals surface area contributed by atoms with E-state index in [1.54, 1.807) is 12.4 Å². The molecular formula is C11H17N3O. The van der Waals surface area contributed by atoms with Gasteiger partial charge in [0.15, 0.2) is 0 Å². The van der Waals surface area contributed by atoms with Crippen molar-refractivity contribution in [2.24, 2.45) is 5.92 Å². The minimum atomic E-state index is 0.633. The Bertz CT molecular complexity index is 285. The second-order valence-electron chi connectivity index (χ2n) is 3.82. The normalized spacial score (nSPS) is 20.5. The molecule has 1 fully saturated rings. The third-order valence-electron chi connectivity index (χ3n) is 2.72. The molecule has 2 rings (SSSR count). The fourth-order valence-corrected chi connectivity index (χ4v) is 1.85. The van der Waals surface area contributed by atoms with Crippen molar-refractivity contribution in [3.05, 3.63) is 18.5 Å². The molecule has 0 radical (unpaired) electrons. The van der Waals surface area contributed by atoms with Gasteiger partial charge in [0.2, 0.25) is 5.95 Å². The molecule has 1 aromatic rings. The average molecular weight is 207 g/mol. The Labute approximate surface area is 90.3 Å². The predicted molar refractivity (Wildman–Crippen MR) is 58.8 cm³/mol. The molecule has 82 valence electrons. The fraction of sp³-hybridized carbons (Fsp3) is 0.636. The van der Waals surface area contributed by atoms with Crippen molar-refractivity contribution in [3.8, 4) is 0 Å². The van der Waals surface area contributed by atoms with Gasteiger partial charge in [0.05, 0.1) is 6.61 Å². The fourth-order valence-electron chi connectivity index (χ4n) is 1.85. The van der Waals surface area contributed by atoms with Crippen LogP contribution >= 0.6 is 0 Å². The molecule has 0 aromatic carbocycles. The minimum Gasteiger partial charge on any atom is -0.381 e. The topological polar surface area (TPSA) is 38.2 Å². The maximum atomic E-state index is 5.37. The van der Waals surface area contributed by atoms with E-state index >= 15 is 0 Å². The first-order valence-corrected chi connectivity index (χ1v) is 5.50. The lowest BCUT2D eigenvalue weighted by atomic mass is 10.1. The van der Waals surface area contributed by atoms with Crippen LogP contribution in [0.15, 0.2) is 18.5 Å². The van der Waals surface area contributed by atoms with Gasteiger partial charge in [-0.2, -0.15) is 0 Å². The first-order chi connectivity index (χ1) is 7.40. The molecule has 0 saturated carbocycles. The van der Waals surface area contributed by atoms with Crippen LogP contribution in [0.1, 0.15) is 13.3 Å². The van der Waals surface area contributed by atoms with E-state index in [9.17, 15) is 0 Å². The van der Waals surface area contributed by atoms with Crippen molar-refractivity contribution in [3.63, 3.8) is 0 Å². The van der Waals surface area contributed by atoms with E-state index in [2.05, 4.69) is 21.8 Å². The van der Waals surface area contributed by atoms with Gasteiger partial charge in [-0.05, 0) is 19.4 Å². The van der Waals surface area contributed by atoms with Gasteiger partial charge in [0, 0.05) is 38.0 Å². The molecule has 1 saturated heterocycles. The van der Waals surface area contributed by atoms with E-state index in [1.165, 1.54) is 0 Å². The highest BCUT2D eigenvalue weighted by Gasteiger charge is 2.19. The van der Waals surface area contributed by atoms with E-state index < -0.39 is 0 Å². The second kappa shape index (κ2) is 5.07. The zero-order valence-electron chi connectivity index (χ0n) is 9.09. The van der Waals surface area contributed by atoms with Crippen LogP contribution in [-0.2, 0) is 4.74 Å². The van der Waals surface area contributed by atoms with Gasteiger partial charge >= 0.3 is 0 Å². The maximum Gasteiger partial charge on any atom is 0.225 e. The van der Waals surface area contributed by atoms with E-state index in [1.807, 2.05) is 6.07 Å². The van der Waals surface area contributed by atoms with Gasteiger partial charge in [-0.15, -0.1) is 0 Å². The number of hydrogen-bond donors (Lipinski definition) is 0. The molecule has 0 aliphatic carbocycles. The highest BCUT2D eigenvalue weighted by atomic mass is 16.5. The zero-order valence-corrected chi connectivity index (χ0v) is 9.09. The van der Waals surface area contributed by atoms with E-state index in [4.69, 9.17) is 4.74 Å². The van der Waals surface area contributed by atoms with Crippen molar-refractivity contribution in [2.45, 2.75) is 13.3 Å². The zero-order chi connectivity index (χ0) is 10.5. The van der Waals surface area contributed by atoms with Gasteiger partial charge < -0.3 is 9.64 Å². The molecule has 0 N–H and O–H groups in total. The van der Waals surface area contributed by atoms with Gasteiger partial charge in [0.1, 0.15) is 0 Å². The summed E-state index contributed by atoms with van der Waals surface area (Å²) in [6.07, 6.45) is 4.73. The SMILES string of the molecule is CCN(CC1CCOC1)c1ncccn1. The lowest BCUT2D eigenvalue weighted by Gasteiger charge is -2.23. The summed E-state index contributed by atoms with van der Waals surface area (Å²) in [4.78, 5) is 10.7. The second-order valence-corrected chi connectivity index (χ2v) is 3.82. The van der Waals surface area contributed by atoms with Crippen LogP contribution in [0.4, 0.5) is 5.95 Å². The summed E-state index contributed by atoms with van der Waals surface area (Å²) < 4.78 is 5.37. The largest absolute Gasteiger partial charge is 0.381 e. The summed E-state index contributed by atoms with van der Waals surface area (Å²) in [7, 11) is 0. The van der Waals surface area contributed by atoms with Crippen LogP contribution in [0.5, 0.6) is 0 Å². The lowest BCUT2D eigenvalue weighted by molar-refractivity contribution is 0.186. The molecule has 1 aliphatic heterocycles. The van der Waals surface area contributed by atoms with Crippen molar-refractivity contribution >= 4 is 5.95 Å². The molecular weight excluding hydrogens is 190 g/mol. The Hall–Kier alpha value is -1.16. The maximum absolute atomic E-state index is 5.37. The molecule has 2 heterocycles. The number of hydrogen-bond acceptors (Lipinski definition) is 4. The van der Waals surface area contributed by atoms with E-state index in [-0.39, 0.29) is 0 Å². The first kappa shape index (κ1) is 10.4. The summed E-state index contributed by atoms with van der Waals surface area (Å²) >= 11 is 0. The Morgan fingerprint density at radius 1 is 1.47 bits per heavy atom. The van der Waals surface area contributed by atoms with Gasteiger partial charge in [-0.3, -0.25) is 0 Å². The first-order valence-electron chi connectivity index (χ1n) is 5.50. The van der Waals surface area contributed by atoms with Crippen molar-refractivity contribution in [1.29, 1.82) is 0 Å². The average Bonchev–Trinajstić information content (AvgIpc) is 2.80. The van der Waals surface area contributed by atoms with Crippen molar-refractivity contribution < 1.29 is 4.74 Å². The summed E-state index contributed by atoms with van der Waals surface area (Å²) in [5.74, 6) is 1.46. The van der Waals surface area contributed by atoms with Crippen LogP contribution in [0, 0.1) is 5.92 Å². The number of aromatic nitrogens is 2. The molecule has 1 unspecified atom stereocenters. The highest BCUT2D eigenvalue weighted by Crippen LogP contribution is 2.16. The quantitative estimate of drug-likeness (QED) is 0.746. The third-order valence-corrected chi connectivity index (χ3v) is 2.72. The molecule has 15 heavy (non-hydrogen) atoms. The van der Waals surface area contributed by atoms with E-state index in [0.29, 0.717) is 5.92 Å².